The van der Waals surface area contributed by atoms with Crippen molar-refractivity contribution in [2.75, 3.05) is 6.61 Å². The maximum atomic E-state index is 12.3. The van der Waals surface area contributed by atoms with Gasteiger partial charge >= 0.3 is 0 Å². The van der Waals surface area contributed by atoms with Crippen molar-refractivity contribution in [3.05, 3.63) is 48.0 Å². The zero-order chi connectivity index (χ0) is 18.0. The highest BCUT2D eigenvalue weighted by Crippen LogP contribution is 2.23. The molecule has 0 amide bonds. The fourth-order valence-electron chi connectivity index (χ4n) is 3.04. The minimum absolute atomic E-state index is 0.00316. The van der Waals surface area contributed by atoms with Crippen LogP contribution in [-0.4, -0.2) is 63.6 Å². The van der Waals surface area contributed by atoms with Crippen molar-refractivity contribution in [1.29, 1.82) is 0 Å². The molecule has 0 aromatic heterocycles. The number of ether oxygens (including phenoxy) is 1. The summed E-state index contributed by atoms with van der Waals surface area (Å²) in [4.78, 5) is 3.81. The molecule has 1 aliphatic heterocycles. The number of hydrogen-bond acceptors (Lipinski definition) is 7. The van der Waals surface area contributed by atoms with Gasteiger partial charge in [-0.25, -0.2) is 0 Å². The largest absolute Gasteiger partial charge is 0.862 e. The van der Waals surface area contributed by atoms with E-state index >= 15 is 0 Å². The molecule has 2 aromatic rings. The fourth-order valence-corrected chi connectivity index (χ4v) is 3.04. The van der Waals surface area contributed by atoms with Gasteiger partial charge in [0.25, 0.3) is 0 Å². The number of fused-ring (bicyclic) bond motifs is 1. The van der Waals surface area contributed by atoms with Crippen LogP contribution in [-0.2, 0) is 11.2 Å². The Kier molecular flexibility index (Phi) is 5.31. The van der Waals surface area contributed by atoms with Crippen molar-refractivity contribution < 1.29 is 30.3 Å². The Labute approximate surface area is 144 Å². The lowest BCUT2D eigenvalue weighted by Gasteiger charge is -2.39. The molecule has 5 atom stereocenters. The summed E-state index contributed by atoms with van der Waals surface area (Å²) in [5.41, 5.74) is 0.779. The number of benzene rings is 2. The van der Waals surface area contributed by atoms with Gasteiger partial charge in [0, 0.05) is 6.42 Å². The molecule has 0 radical (unpaired) electrons. The molecule has 1 heterocycles. The maximum absolute atomic E-state index is 12.3. The molecule has 0 bridgehead atoms. The van der Waals surface area contributed by atoms with Crippen molar-refractivity contribution in [3.63, 3.8) is 0 Å². The monoisotopic (exact) mass is 346 g/mol. The third kappa shape index (κ3) is 3.65. The lowest BCUT2D eigenvalue weighted by molar-refractivity contribution is -0.253. The standard InChI is InChI=1S/C18H21NO6/c20-9-13-16(22)17(23)15(18(24)25-13)19-14(21)8-11-6-3-5-10-4-1-2-7-12(10)11/h1-7,13,15-18,20,22-24H,8-9H2,(H,19,21)/p-1/t13-,15-,16-,17-,18-/m1/s1. The summed E-state index contributed by atoms with van der Waals surface area (Å²) < 4.78 is 5.00. The topological polar surface area (TPSA) is 126 Å². The second-order valence-electron chi connectivity index (χ2n) is 6.06. The van der Waals surface area contributed by atoms with Crippen LogP contribution < -0.4 is 5.11 Å². The normalized spacial score (nSPS) is 30.6. The van der Waals surface area contributed by atoms with Crippen LogP contribution in [0.1, 0.15) is 5.56 Å². The van der Waals surface area contributed by atoms with Gasteiger partial charge in [-0.05, 0) is 22.2 Å². The highest BCUT2D eigenvalue weighted by Gasteiger charge is 2.43. The molecule has 2 aromatic carbocycles. The van der Waals surface area contributed by atoms with E-state index in [2.05, 4.69) is 4.99 Å². The minimum Gasteiger partial charge on any atom is -0.862 e. The molecule has 0 saturated carbocycles. The molecule has 0 unspecified atom stereocenters. The van der Waals surface area contributed by atoms with Gasteiger partial charge in [-0.2, -0.15) is 0 Å². The lowest BCUT2D eigenvalue weighted by Crippen LogP contribution is -2.58. The zero-order valence-corrected chi connectivity index (χ0v) is 13.4. The van der Waals surface area contributed by atoms with E-state index in [0.29, 0.717) is 0 Å². The van der Waals surface area contributed by atoms with E-state index in [0.717, 1.165) is 16.3 Å². The summed E-state index contributed by atoms with van der Waals surface area (Å²) >= 11 is 0. The van der Waals surface area contributed by atoms with Gasteiger partial charge in [0.1, 0.15) is 24.4 Å². The van der Waals surface area contributed by atoms with Gasteiger partial charge in [-0.3, -0.25) is 4.99 Å². The fraction of sp³-hybridized carbons (Fsp3) is 0.389. The Bertz CT molecular complexity index is 759. The minimum atomic E-state index is -1.58. The molecule has 25 heavy (non-hydrogen) atoms. The van der Waals surface area contributed by atoms with Gasteiger partial charge in [0.2, 0.25) is 0 Å². The molecule has 3 rings (SSSR count). The van der Waals surface area contributed by atoms with Crippen LogP contribution in [0.25, 0.3) is 10.8 Å². The SMILES string of the molecule is [O-]C(Cc1cccc2ccccc12)=N[C@@H]1[C@@H](O)[C@H](O)[C@@H](CO)O[C@H]1O. The second-order valence-corrected chi connectivity index (χ2v) is 6.06. The molecule has 0 spiro atoms. The molecular formula is C18H20NO6-. The Hall–Kier alpha value is -2.03. The molecule has 1 aliphatic rings. The molecule has 7 heteroatoms. The maximum Gasteiger partial charge on any atom is 0.180 e. The van der Waals surface area contributed by atoms with E-state index < -0.39 is 43.1 Å². The highest BCUT2D eigenvalue weighted by molar-refractivity contribution is 5.89. The Morgan fingerprint density at radius 3 is 2.52 bits per heavy atom. The Morgan fingerprint density at radius 2 is 1.76 bits per heavy atom. The average Bonchev–Trinajstić information content (AvgIpc) is 2.62. The third-order valence-electron chi connectivity index (χ3n) is 4.38. The van der Waals surface area contributed by atoms with E-state index in [1.165, 1.54) is 0 Å². The average molecular weight is 346 g/mol. The lowest BCUT2D eigenvalue weighted by atomic mass is 9.97. The zero-order valence-electron chi connectivity index (χ0n) is 13.4. The van der Waals surface area contributed by atoms with Gasteiger partial charge in [-0.15, -0.1) is 0 Å². The number of aliphatic imine (C=N–C) groups is 1. The predicted octanol–water partition coefficient (Wildman–Crippen LogP) is -1.06. The number of hydrogen-bond donors (Lipinski definition) is 4. The van der Waals surface area contributed by atoms with Crippen LogP contribution in [0.2, 0.25) is 0 Å². The van der Waals surface area contributed by atoms with Crippen LogP contribution in [0, 0.1) is 0 Å². The molecular weight excluding hydrogens is 326 g/mol. The van der Waals surface area contributed by atoms with E-state index in [9.17, 15) is 20.4 Å². The van der Waals surface area contributed by atoms with Crippen LogP contribution in [0.3, 0.4) is 0 Å². The first-order valence-corrected chi connectivity index (χ1v) is 8.02. The Balaban J connectivity index is 1.81. The molecule has 4 N–H and O–H groups in total. The molecule has 134 valence electrons. The molecule has 1 fully saturated rings. The van der Waals surface area contributed by atoms with E-state index in [1.807, 2.05) is 42.5 Å². The number of nitrogens with zero attached hydrogens (tertiary/aromatic N) is 1. The summed E-state index contributed by atoms with van der Waals surface area (Å²) in [6, 6.07) is 11.9. The summed E-state index contributed by atoms with van der Waals surface area (Å²) in [5.74, 6) is -0.544. The van der Waals surface area contributed by atoms with Crippen LogP contribution in [0.5, 0.6) is 0 Å². The van der Waals surface area contributed by atoms with Gasteiger partial charge in [-0.1, -0.05) is 42.5 Å². The summed E-state index contributed by atoms with van der Waals surface area (Å²) in [6.07, 6.45) is -5.64. The van der Waals surface area contributed by atoms with E-state index in [4.69, 9.17) is 9.84 Å². The van der Waals surface area contributed by atoms with Crippen molar-refractivity contribution in [3.8, 4) is 0 Å². The first-order chi connectivity index (χ1) is 12.0. The van der Waals surface area contributed by atoms with Crippen LogP contribution in [0.4, 0.5) is 0 Å². The first-order valence-electron chi connectivity index (χ1n) is 8.02. The summed E-state index contributed by atoms with van der Waals surface area (Å²) in [5, 5.41) is 53.1. The molecule has 7 nitrogen and oxygen atoms in total. The van der Waals surface area contributed by atoms with Crippen molar-refractivity contribution >= 4 is 16.7 Å². The summed E-state index contributed by atoms with van der Waals surface area (Å²) in [7, 11) is 0. The highest BCUT2D eigenvalue weighted by atomic mass is 16.6. The van der Waals surface area contributed by atoms with Crippen molar-refractivity contribution in [2.45, 2.75) is 37.1 Å². The van der Waals surface area contributed by atoms with E-state index in [-0.39, 0.29) is 6.42 Å². The van der Waals surface area contributed by atoms with E-state index in [1.54, 1.807) is 0 Å². The smallest absolute Gasteiger partial charge is 0.180 e. The molecule has 1 saturated heterocycles. The van der Waals surface area contributed by atoms with Crippen molar-refractivity contribution in [2.24, 2.45) is 4.99 Å². The Morgan fingerprint density at radius 1 is 1.04 bits per heavy atom. The third-order valence-corrected chi connectivity index (χ3v) is 4.38. The number of aliphatic hydroxyl groups is 4. The van der Waals surface area contributed by atoms with Crippen LogP contribution >= 0.6 is 0 Å². The first kappa shape index (κ1) is 17.8. The molecule has 0 aliphatic carbocycles. The predicted molar refractivity (Wildman–Crippen MR) is 88.9 cm³/mol. The number of aliphatic hydroxyl groups excluding tert-OH is 4. The number of rotatable bonds is 4. The van der Waals surface area contributed by atoms with Gasteiger partial charge < -0.3 is 30.3 Å². The van der Waals surface area contributed by atoms with Gasteiger partial charge in [0.05, 0.1) is 6.61 Å². The summed E-state index contributed by atoms with van der Waals surface area (Å²) in [6.45, 7) is -0.564. The van der Waals surface area contributed by atoms with Crippen LogP contribution in [0.15, 0.2) is 47.5 Å². The second kappa shape index (κ2) is 7.47. The van der Waals surface area contributed by atoms with Gasteiger partial charge in [0.15, 0.2) is 6.29 Å². The van der Waals surface area contributed by atoms with Crippen molar-refractivity contribution in [1.82, 2.24) is 0 Å². The quantitative estimate of drug-likeness (QED) is 0.413.